The van der Waals surface area contributed by atoms with Gasteiger partial charge in [-0.3, -0.25) is 9.69 Å². The highest BCUT2D eigenvalue weighted by Crippen LogP contribution is 2.32. The van der Waals surface area contributed by atoms with Crippen LogP contribution in [-0.2, 0) is 17.8 Å². The Balaban J connectivity index is 1.68. The van der Waals surface area contributed by atoms with Crippen molar-refractivity contribution >= 4 is 51.8 Å². The van der Waals surface area contributed by atoms with Gasteiger partial charge in [0.2, 0.25) is 5.91 Å². The molecule has 27 heavy (non-hydrogen) atoms. The number of nitrogens with one attached hydrogen (secondary N) is 2. The van der Waals surface area contributed by atoms with E-state index in [1.165, 1.54) is 0 Å². The van der Waals surface area contributed by atoms with Crippen LogP contribution in [0.1, 0.15) is 11.3 Å². The summed E-state index contributed by atoms with van der Waals surface area (Å²) in [6, 6.07) is 11.3. The summed E-state index contributed by atoms with van der Waals surface area (Å²) in [6.45, 7) is 0.107. The third kappa shape index (κ3) is 3.34. The molecule has 138 valence electrons. The fraction of sp³-hybridized carbons (Fsp3) is 0.158. The first-order valence-electron chi connectivity index (χ1n) is 8.27. The lowest BCUT2D eigenvalue weighted by atomic mass is 9.96. The van der Waals surface area contributed by atoms with Crippen molar-refractivity contribution in [2.45, 2.75) is 19.0 Å². The van der Waals surface area contributed by atoms with Crippen LogP contribution in [-0.4, -0.2) is 33.0 Å². The number of hydrogen-bond donors (Lipinski definition) is 3. The van der Waals surface area contributed by atoms with E-state index in [0.29, 0.717) is 15.7 Å². The third-order valence-electron chi connectivity index (χ3n) is 4.72. The minimum absolute atomic E-state index is 0.107. The molecule has 3 aromatic rings. The van der Waals surface area contributed by atoms with E-state index in [0.717, 1.165) is 27.1 Å². The molecule has 3 N–H and O–H groups in total. The van der Waals surface area contributed by atoms with E-state index in [1.807, 2.05) is 12.1 Å². The molecule has 0 aliphatic carbocycles. The molecule has 1 atom stereocenters. The predicted molar refractivity (Wildman–Crippen MR) is 104 cm³/mol. The molecule has 0 saturated heterocycles. The van der Waals surface area contributed by atoms with Crippen LogP contribution in [0.5, 0.6) is 0 Å². The summed E-state index contributed by atoms with van der Waals surface area (Å²) in [7, 11) is 0. The lowest BCUT2D eigenvalue weighted by Crippen LogP contribution is -2.50. The molecule has 1 aromatic heterocycles. The normalized spacial score (nSPS) is 16.2. The molecule has 6 nitrogen and oxygen atoms in total. The predicted octanol–water partition coefficient (Wildman–Crippen LogP) is 4.52. The molecule has 1 unspecified atom stereocenters. The van der Waals surface area contributed by atoms with E-state index in [-0.39, 0.29) is 18.9 Å². The summed E-state index contributed by atoms with van der Waals surface area (Å²) in [5.74, 6) is -0.387. The number of amides is 2. The van der Waals surface area contributed by atoms with Gasteiger partial charge in [-0.1, -0.05) is 23.2 Å². The largest absolute Gasteiger partial charge is 0.465 e. The second kappa shape index (κ2) is 6.79. The smallest absolute Gasteiger partial charge is 0.408 e. The van der Waals surface area contributed by atoms with Crippen molar-refractivity contribution in [3.05, 3.63) is 63.8 Å². The van der Waals surface area contributed by atoms with Gasteiger partial charge in [0.1, 0.15) is 6.04 Å². The first-order valence-corrected chi connectivity index (χ1v) is 9.03. The van der Waals surface area contributed by atoms with Gasteiger partial charge in [0.25, 0.3) is 0 Å². The molecule has 2 aromatic carbocycles. The average molecular weight is 404 g/mol. The zero-order valence-corrected chi connectivity index (χ0v) is 15.5. The summed E-state index contributed by atoms with van der Waals surface area (Å²) in [4.78, 5) is 28.9. The number of anilines is 1. The number of halogens is 2. The van der Waals surface area contributed by atoms with E-state index in [2.05, 4.69) is 10.3 Å². The van der Waals surface area contributed by atoms with Crippen LogP contribution >= 0.6 is 23.2 Å². The first kappa shape index (κ1) is 17.7. The Labute approximate surface area is 164 Å². The molecule has 0 radical (unpaired) electrons. The first-order chi connectivity index (χ1) is 12.9. The zero-order chi connectivity index (χ0) is 19.1. The molecule has 1 aliphatic rings. The topological polar surface area (TPSA) is 85.4 Å². The Hall–Kier alpha value is -2.70. The molecule has 8 heteroatoms. The monoisotopic (exact) mass is 403 g/mol. The van der Waals surface area contributed by atoms with E-state index in [1.54, 1.807) is 30.3 Å². The maximum absolute atomic E-state index is 12.8. The van der Waals surface area contributed by atoms with Crippen LogP contribution in [0.25, 0.3) is 10.9 Å². The molecular formula is C19H15Cl2N3O3. The Morgan fingerprint density at radius 1 is 1.11 bits per heavy atom. The number of rotatable bonds is 2. The maximum Gasteiger partial charge on any atom is 0.408 e. The van der Waals surface area contributed by atoms with Crippen LogP contribution in [0.15, 0.2) is 42.5 Å². The van der Waals surface area contributed by atoms with E-state index in [9.17, 15) is 14.7 Å². The average Bonchev–Trinajstić information content (AvgIpc) is 2.99. The highest BCUT2D eigenvalue weighted by molar-refractivity contribution is 6.31. The van der Waals surface area contributed by atoms with Crippen molar-refractivity contribution in [2.24, 2.45) is 0 Å². The number of hydrogen-bond acceptors (Lipinski definition) is 2. The Morgan fingerprint density at radius 2 is 1.81 bits per heavy atom. The zero-order valence-electron chi connectivity index (χ0n) is 14.0. The molecular weight excluding hydrogens is 389 g/mol. The van der Waals surface area contributed by atoms with Gasteiger partial charge in [0, 0.05) is 38.8 Å². The molecule has 1 aliphatic heterocycles. The molecule has 0 saturated carbocycles. The van der Waals surface area contributed by atoms with Gasteiger partial charge in [-0.15, -0.1) is 0 Å². The van der Waals surface area contributed by atoms with Crippen LogP contribution < -0.4 is 5.32 Å². The van der Waals surface area contributed by atoms with Gasteiger partial charge in [-0.05, 0) is 48.0 Å². The van der Waals surface area contributed by atoms with Crippen molar-refractivity contribution in [1.29, 1.82) is 0 Å². The quantitative estimate of drug-likeness (QED) is 0.587. The minimum atomic E-state index is -1.14. The van der Waals surface area contributed by atoms with Crippen molar-refractivity contribution < 1.29 is 14.7 Å². The van der Waals surface area contributed by atoms with Crippen molar-refractivity contribution in [3.63, 3.8) is 0 Å². The van der Waals surface area contributed by atoms with E-state index in [4.69, 9.17) is 23.2 Å². The van der Waals surface area contributed by atoms with Crippen molar-refractivity contribution in [3.8, 4) is 0 Å². The fourth-order valence-electron chi connectivity index (χ4n) is 3.42. The molecule has 2 amide bonds. The molecule has 2 heterocycles. The van der Waals surface area contributed by atoms with Gasteiger partial charge in [0.05, 0.1) is 6.54 Å². The maximum atomic E-state index is 12.8. The van der Waals surface area contributed by atoms with Gasteiger partial charge >= 0.3 is 6.09 Å². The Kier molecular flexibility index (Phi) is 4.45. The number of fused-ring (bicyclic) bond motifs is 3. The van der Waals surface area contributed by atoms with Crippen LogP contribution in [0.4, 0.5) is 10.5 Å². The number of carbonyl (C=O) groups is 2. The summed E-state index contributed by atoms with van der Waals surface area (Å²) < 4.78 is 0. The summed E-state index contributed by atoms with van der Waals surface area (Å²) in [5.41, 5.74) is 3.13. The fourth-order valence-corrected chi connectivity index (χ4v) is 3.72. The highest BCUT2D eigenvalue weighted by Gasteiger charge is 2.36. The third-order valence-corrected chi connectivity index (χ3v) is 5.21. The lowest BCUT2D eigenvalue weighted by Gasteiger charge is -2.32. The summed E-state index contributed by atoms with van der Waals surface area (Å²) >= 11 is 12.0. The lowest BCUT2D eigenvalue weighted by molar-refractivity contribution is -0.121. The Bertz CT molecular complexity index is 1050. The summed E-state index contributed by atoms with van der Waals surface area (Å²) in [6.07, 6.45) is -0.880. The van der Waals surface area contributed by atoms with Gasteiger partial charge in [0.15, 0.2) is 0 Å². The second-order valence-electron chi connectivity index (χ2n) is 6.40. The SMILES string of the molecule is O=C(Nc1ccc(Cl)cc1)C1Cc2c([nH]c3ccc(Cl)cc23)CN1C(=O)O. The summed E-state index contributed by atoms with van der Waals surface area (Å²) in [5, 5.41) is 14.4. The van der Waals surface area contributed by atoms with E-state index >= 15 is 0 Å². The van der Waals surface area contributed by atoms with Crippen molar-refractivity contribution in [2.75, 3.05) is 5.32 Å². The van der Waals surface area contributed by atoms with Crippen LogP contribution in [0.3, 0.4) is 0 Å². The minimum Gasteiger partial charge on any atom is -0.465 e. The molecule has 4 rings (SSSR count). The number of carboxylic acid groups (broad SMARTS) is 1. The number of aromatic nitrogens is 1. The number of aromatic amines is 1. The standard InChI is InChI=1S/C19H15Cl2N3O3/c20-10-1-4-12(5-2-10)22-18(25)17-8-14-13-7-11(21)3-6-15(13)23-16(14)9-24(17)19(26)27/h1-7,17,23H,8-9H2,(H,22,25)(H,26,27). The van der Waals surface area contributed by atoms with Gasteiger partial charge < -0.3 is 15.4 Å². The molecule has 0 spiro atoms. The van der Waals surface area contributed by atoms with Crippen LogP contribution in [0.2, 0.25) is 10.0 Å². The molecule has 0 fully saturated rings. The number of H-pyrrole nitrogens is 1. The van der Waals surface area contributed by atoms with Gasteiger partial charge in [-0.2, -0.15) is 0 Å². The number of benzene rings is 2. The highest BCUT2D eigenvalue weighted by atomic mass is 35.5. The van der Waals surface area contributed by atoms with E-state index < -0.39 is 12.1 Å². The number of carbonyl (C=O) groups excluding carboxylic acids is 1. The van der Waals surface area contributed by atoms with Gasteiger partial charge in [-0.25, -0.2) is 4.79 Å². The second-order valence-corrected chi connectivity index (χ2v) is 7.27. The van der Waals surface area contributed by atoms with Crippen LogP contribution in [0, 0.1) is 0 Å². The molecule has 0 bridgehead atoms. The van der Waals surface area contributed by atoms with Crippen molar-refractivity contribution in [1.82, 2.24) is 9.88 Å². The Morgan fingerprint density at radius 3 is 2.52 bits per heavy atom. The number of nitrogens with zero attached hydrogens (tertiary/aromatic N) is 1.